The quantitative estimate of drug-likeness (QED) is 0.485. The van der Waals surface area contributed by atoms with Gasteiger partial charge in [-0.1, -0.05) is 0 Å². The van der Waals surface area contributed by atoms with Gasteiger partial charge in [-0.2, -0.15) is 0 Å². The Balaban J connectivity index is -0.000000405. The molecule has 0 heterocycles. The topological polar surface area (TPSA) is 121 Å². The molecule has 2 atom stereocenters. The molecule has 0 aromatic carbocycles. The van der Waals surface area contributed by atoms with Gasteiger partial charge in [0, 0.05) is 0 Å². The maximum Gasteiger partial charge on any atom is 1.00 e. The predicted molar refractivity (Wildman–Crippen MR) is 22.0 cm³/mol. The first kappa shape index (κ1) is 18.2. The summed E-state index contributed by atoms with van der Waals surface area (Å²) in [5, 5.41) is 35.7. The Morgan fingerprint density at radius 1 is 0.917 bits per heavy atom. The first-order valence-corrected chi connectivity index (χ1v) is 2.24. The SMILES string of the molecule is O=C([O-])[C@H](O)[C@@H](O)C(=O)[O-].[Ag+].[Ag+]. The second kappa shape index (κ2) is 7.96. The zero-order valence-corrected chi connectivity index (χ0v) is 8.25. The predicted octanol–water partition coefficient (Wildman–Crippen LogP) is -4.80. The van der Waals surface area contributed by atoms with E-state index in [1.807, 2.05) is 0 Å². The van der Waals surface area contributed by atoms with Gasteiger partial charge in [-0.25, -0.2) is 0 Å². The summed E-state index contributed by atoms with van der Waals surface area (Å²) < 4.78 is 0. The van der Waals surface area contributed by atoms with E-state index in [4.69, 9.17) is 10.2 Å². The van der Waals surface area contributed by atoms with Crippen molar-refractivity contribution in [3.8, 4) is 0 Å². The summed E-state index contributed by atoms with van der Waals surface area (Å²) in [6, 6.07) is 0. The minimum Gasteiger partial charge on any atom is -0.547 e. The van der Waals surface area contributed by atoms with Crippen LogP contribution in [-0.4, -0.2) is 34.4 Å². The van der Waals surface area contributed by atoms with Gasteiger partial charge in [-0.15, -0.1) is 0 Å². The number of aliphatic carboxylic acids is 2. The Hall–Kier alpha value is 0.341. The van der Waals surface area contributed by atoms with Crippen molar-refractivity contribution < 1.29 is 74.8 Å². The van der Waals surface area contributed by atoms with E-state index in [1.54, 1.807) is 0 Å². The van der Waals surface area contributed by atoms with E-state index in [9.17, 15) is 19.8 Å². The molecule has 0 saturated heterocycles. The third-order valence-corrected chi connectivity index (χ3v) is 0.782. The van der Waals surface area contributed by atoms with Gasteiger partial charge >= 0.3 is 44.8 Å². The van der Waals surface area contributed by atoms with E-state index in [2.05, 4.69) is 0 Å². The van der Waals surface area contributed by atoms with Crippen LogP contribution >= 0.6 is 0 Å². The third kappa shape index (κ3) is 5.92. The van der Waals surface area contributed by atoms with Crippen molar-refractivity contribution in [2.75, 3.05) is 0 Å². The van der Waals surface area contributed by atoms with Gasteiger partial charge in [0.1, 0.15) is 12.2 Å². The monoisotopic (exact) mass is 362 g/mol. The number of aliphatic hydroxyl groups excluding tert-OH is 2. The van der Waals surface area contributed by atoms with E-state index in [0.717, 1.165) is 0 Å². The summed E-state index contributed by atoms with van der Waals surface area (Å²) in [7, 11) is 0. The second-order valence-corrected chi connectivity index (χ2v) is 1.53. The zero-order valence-electron chi connectivity index (χ0n) is 5.29. The number of hydrogen-bond acceptors (Lipinski definition) is 6. The number of aliphatic hydroxyl groups is 2. The molecular formula is C4H4Ag2O6. The van der Waals surface area contributed by atoms with Crippen LogP contribution in [0.1, 0.15) is 0 Å². The van der Waals surface area contributed by atoms with Crippen LogP contribution in [0.4, 0.5) is 0 Å². The Kier molecular flexibility index (Phi) is 12.1. The van der Waals surface area contributed by atoms with Gasteiger partial charge in [-0.05, 0) is 0 Å². The number of carbonyl (C=O) groups excluding carboxylic acids is 2. The summed E-state index contributed by atoms with van der Waals surface area (Å²) in [6.45, 7) is 0. The molecule has 0 aliphatic heterocycles. The van der Waals surface area contributed by atoms with Crippen LogP contribution in [0.2, 0.25) is 0 Å². The van der Waals surface area contributed by atoms with Crippen molar-refractivity contribution in [3.05, 3.63) is 0 Å². The normalized spacial score (nSPS) is 13.2. The average Bonchev–Trinajstić information content (AvgIpc) is 1.84. The summed E-state index contributed by atoms with van der Waals surface area (Å²) in [5.74, 6) is -4.12. The van der Waals surface area contributed by atoms with Crippen LogP contribution in [0.3, 0.4) is 0 Å². The van der Waals surface area contributed by atoms with Gasteiger partial charge in [0.15, 0.2) is 0 Å². The maximum absolute atomic E-state index is 9.63. The van der Waals surface area contributed by atoms with Crippen LogP contribution in [0.15, 0.2) is 0 Å². The maximum atomic E-state index is 9.63. The van der Waals surface area contributed by atoms with Crippen LogP contribution in [0, 0.1) is 0 Å². The molecule has 0 aliphatic rings. The molecule has 0 spiro atoms. The van der Waals surface area contributed by atoms with Gasteiger partial charge < -0.3 is 30.0 Å². The van der Waals surface area contributed by atoms with Crippen molar-refractivity contribution in [2.45, 2.75) is 12.2 Å². The minimum atomic E-state index is -2.44. The Labute approximate surface area is 98.6 Å². The first-order chi connectivity index (χ1) is 4.46. The molecule has 12 heavy (non-hydrogen) atoms. The second-order valence-electron chi connectivity index (χ2n) is 1.53. The van der Waals surface area contributed by atoms with Crippen LogP contribution < -0.4 is 10.2 Å². The number of hydrogen-bond donors (Lipinski definition) is 2. The van der Waals surface area contributed by atoms with E-state index >= 15 is 0 Å². The molecule has 0 radical (unpaired) electrons. The largest absolute Gasteiger partial charge is 1.00 e. The Morgan fingerprint density at radius 3 is 1.17 bits per heavy atom. The van der Waals surface area contributed by atoms with E-state index in [-0.39, 0.29) is 44.8 Å². The average molecular weight is 364 g/mol. The minimum absolute atomic E-state index is 0. The fourth-order valence-electron chi connectivity index (χ4n) is 0.258. The summed E-state index contributed by atoms with van der Waals surface area (Å²) >= 11 is 0. The molecular weight excluding hydrogens is 360 g/mol. The molecule has 0 aromatic heterocycles. The van der Waals surface area contributed by atoms with Crippen molar-refractivity contribution in [1.29, 1.82) is 0 Å². The van der Waals surface area contributed by atoms with Crippen molar-refractivity contribution in [3.63, 3.8) is 0 Å². The molecule has 2 N–H and O–H groups in total. The molecule has 0 unspecified atom stereocenters. The van der Waals surface area contributed by atoms with E-state index in [0.29, 0.717) is 0 Å². The first-order valence-electron chi connectivity index (χ1n) is 2.24. The Bertz CT molecular complexity index is 142. The summed E-state index contributed by atoms with van der Waals surface area (Å²) in [6.07, 6.45) is -4.88. The zero-order chi connectivity index (χ0) is 8.31. The number of carboxylic acids is 2. The standard InChI is InChI=1S/C4H6O6.2Ag/c5-1(3(7)8)2(6)4(9)10;;/h1-2,5-6H,(H,7,8)(H,9,10);;/q;2*+1/p-2/t1-,2-;;/m1../s1. The molecule has 0 fully saturated rings. The van der Waals surface area contributed by atoms with Gasteiger partial charge in [-0.3, -0.25) is 0 Å². The fourth-order valence-corrected chi connectivity index (χ4v) is 0.258. The van der Waals surface area contributed by atoms with E-state index in [1.165, 1.54) is 0 Å². The molecule has 0 aromatic rings. The van der Waals surface area contributed by atoms with Gasteiger partial charge in [0.2, 0.25) is 0 Å². The smallest absolute Gasteiger partial charge is 0.547 e. The van der Waals surface area contributed by atoms with Crippen molar-refractivity contribution >= 4 is 11.9 Å². The third-order valence-electron chi connectivity index (χ3n) is 0.782. The molecule has 8 heteroatoms. The van der Waals surface area contributed by atoms with E-state index < -0.39 is 24.1 Å². The molecule has 0 saturated carbocycles. The molecule has 78 valence electrons. The van der Waals surface area contributed by atoms with Gasteiger partial charge in [0.25, 0.3) is 0 Å². The summed E-state index contributed by atoms with van der Waals surface area (Å²) in [4.78, 5) is 19.3. The molecule has 0 rings (SSSR count). The van der Waals surface area contributed by atoms with Crippen molar-refractivity contribution in [1.82, 2.24) is 0 Å². The number of carboxylic acid groups (broad SMARTS) is 2. The molecule has 0 bridgehead atoms. The number of carbonyl (C=O) groups is 2. The fraction of sp³-hybridized carbons (Fsp3) is 0.500. The molecule has 0 aliphatic carbocycles. The molecule has 0 amide bonds. The number of rotatable bonds is 3. The van der Waals surface area contributed by atoms with Gasteiger partial charge in [0.05, 0.1) is 11.9 Å². The van der Waals surface area contributed by atoms with Crippen LogP contribution in [0.25, 0.3) is 0 Å². The van der Waals surface area contributed by atoms with Crippen molar-refractivity contribution in [2.24, 2.45) is 0 Å². The van der Waals surface area contributed by atoms with Crippen LogP contribution in [-0.2, 0) is 54.3 Å². The molecule has 6 nitrogen and oxygen atoms in total. The Morgan fingerprint density at radius 2 is 1.08 bits per heavy atom. The summed E-state index contributed by atoms with van der Waals surface area (Å²) in [5.41, 5.74) is 0. The van der Waals surface area contributed by atoms with Crippen LogP contribution in [0.5, 0.6) is 0 Å².